The molecule has 0 spiro atoms. The van der Waals surface area contributed by atoms with Crippen molar-refractivity contribution >= 4 is 29.9 Å². The lowest BCUT2D eigenvalue weighted by atomic mass is 9.82. The van der Waals surface area contributed by atoms with Crippen LogP contribution in [-0.4, -0.2) is 52.0 Å². The van der Waals surface area contributed by atoms with Crippen LogP contribution in [0.1, 0.15) is 44.2 Å². The van der Waals surface area contributed by atoms with Crippen LogP contribution in [0.3, 0.4) is 0 Å². The van der Waals surface area contributed by atoms with Crippen molar-refractivity contribution in [1.29, 1.82) is 0 Å². The number of hydrogen-bond acceptors (Lipinski definition) is 3. The minimum Gasteiger partial charge on any atom is -0.379 e. The first kappa shape index (κ1) is 24.2. The van der Waals surface area contributed by atoms with Gasteiger partial charge in [0.25, 0.3) is 0 Å². The summed E-state index contributed by atoms with van der Waals surface area (Å²) in [6, 6.07) is 8.57. The number of nitrogens with one attached hydrogen (secondary N) is 2. The van der Waals surface area contributed by atoms with Gasteiger partial charge in [-0.15, -0.1) is 24.0 Å². The minimum absolute atomic E-state index is 0. The molecular weight excluding hydrogens is 453 g/mol. The van der Waals surface area contributed by atoms with Crippen molar-refractivity contribution in [3.05, 3.63) is 35.4 Å². The van der Waals surface area contributed by atoms with Crippen LogP contribution in [0.15, 0.2) is 29.3 Å². The number of hydrogen-bond donors (Lipinski definition) is 2. The van der Waals surface area contributed by atoms with E-state index in [1.54, 1.807) is 0 Å². The first-order chi connectivity index (χ1) is 12.5. The van der Waals surface area contributed by atoms with E-state index in [1.165, 1.54) is 11.1 Å². The van der Waals surface area contributed by atoms with Crippen LogP contribution in [0.5, 0.6) is 0 Å². The highest BCUT2D eigenvalue weighted by atomic mass is 127. The van der Waals surface area contributed by atoms with Gasteiger partial charge in [0.05, 0.1) is 12.7 Å². The zero-order valence-electron chi connectivity index (χ0n) is 17.2. The zero-order valence-corrected chi connectivity index (χ0v) is 19.5. The van der Waals surface area contributed by atoms with E-state index in [1.807, 2.05) is 7.05 Å². The smallest absolute Gasteiger partial charge is 0.191 e. The molecule has 5 nitrogen and oxygen atoms in total. The summed E-state index contributed by atoms with van der Waals surface area (Å²) in [5.41, 5.74) is 2.73. The Morgan fingerprint density at radius 3 is 2.74 bits per heavy atom. The molecule has 1 unspecified atom stereocenters. The molecule has 0 aromatic heterocycles. The van der Waals surface area contributed by atoms with E-state index >= 15 is 0 Å². The maximum atomic E-state index is 5.69. The van der Waals surface area contributed by atoms with Gasteiger partial charge in [0.15, 0.2) is 5.96 Å². The molecule has 1 fully saturated rings. The third kappa shape index (κ3) is 8.35. The SMILES string of the molecule is CN=C(NCCCOCC1CCCO1)NCC(C)(C)c1ccccc1C.I. The van der Waals surface area contributed by atoms with Crippen molar-refractivity contribution in [3.8, 4) is 0 Å². The molecule has 1 aliphatic heterocycles. The van der Waals surface area contributed by atoms with Gasteiger partial charge in [-0.1, -0.05) is 38.1 Å². The van der Waals surface area contributed by atoms with Gasteiger partial charge in [-0.3, -0.25) is 4.99 Å². The van der Waals surface area contributed by atoms with E-state index in [-0.39, 0.29) is 29.4 Å². The van der Waals surface area contributed by atoms with E-state index in [4.69, 9.17) is 9.47 Å². The number of guanidine groups is 1. The summed E-state index contributed by atoms with van der Waals surface area (Å²) >= 11 is 0. The number of benzene rings is 1. The first-order valence-electron chi connectivity index (χ1n) is 9.73. The topological polar surface area (TPSA) is 54.9 Å². The molecule has 6 heteroatoms. The van der Waals surface area contributed by atoms with Crippen molar-refractivity contribution in [2.75, 3.05) is 40.0 Å². The molecular formula is C21H36IN3O2. The van der Waals surface area contributed by atoms with Crippen LogP contribution in [0.4, 0.5) is 0 Å². The third-order valence-electron chi connectivity index (χ3n) is 4.88. The summed E-state index contributed by atoms with van der Waals surface area (Å²) in [4.78, 5) is 4.32. The van der Waals surface area contributed by atoms with Crippen molar-refractivity contribution in [2.24, 2.45) is 4.99 Å². The van der Waals surface area contributed by atoms with E-state index in [0.29, 0.717) is 6.10 Å². The summed E-state index contributed by atoms with van der Waals surface area (Å²) < 4.78 is 11.2. The Morgan fingerprint density at radius 2 is 2.07 bits per heavy atom. The van der Waals surface area contributed by atoms with Crippen LogP contribution in [0, 0.1) is 6.92 Å². The van der Waals surface area contributed by atoms with Crippen molar-refractivity contribution < 1.29 is 9.47 Å². The van der Waals surface area contributed by atoms with E-state index in [0.717, 1.165) is 58.1 Å². The maximum absolute atomic E-state index is 5.69. The van der Waals surface area contributed by atoms with E-state index in [9.17, 15) is 0 Å². The highest BCUT2D eigenvalue weighted by Crippen LogP contribution is 2.25. The lowest BCUT2D eigenvalue weighted by Gasteiger charge is -2.28. The molecule has 27 heavy (non-hydrogen) atoms. The first-order valence-corrected chi connectivity index (χ1v) is 9.73. The van der Waals surface area contributed by atoms with Crippen molar-refractivity contribution in [3.63, 3.8) is 0 Å². The predicted molar refractivity (Wildman–Crippen MR) is 123 cm³/mol. The maximum Gasteiger partial charge on any atom is 0.191 e. The van der Waals surface area contributed by atoms with Gasteiger partial charge in [-0.25, -0.2) is 0 Å². The van der Waals surface area contributed by atoms with Crippen LogP contribution < -0.4 is 10.6 Å². The Morgan fingerprint density at radius 1 is 1.30 bits per heavy atom. The Kier molecular flexibility index (Phi) is 11.3. The molecule has 1 heterocycles. The molecule has 1 aromatic rings. The predicted octanol–water partition coefficient (Wildman–Crippen LogP) is 3.64. The summed E-state index contributed by atoms with van der Waals surface area (Å²) in [5.74, 6) is 0.839. The molecule has 0 amide bonds. The fourth-order valence-electron chi connectivity index (χ4n) is 3.32. The summed E-state index contributed by atoms with van der Waals surface area (Å²) in [7, 11) is 1.81. The minimum atomic E-state index is 0. The monoisotopic (exact) mass is 489 g/mol. The lowest BCUT2D eigenvalue weighted by molar-refractivity contribution is 0.0168. The average Bonchev–Trinajstić information content (AvgIpc) is 3.14. The van der Waals surface area contributed by atoms with Crippen LogP contribution >= 0.6 is 24.0 Å². The van der Waals surface area contributed by atoms with Gasteiger partial charge in [0.2, 0.25) is 0 Å². The van der Waals surface area contributed by atoms with Gasteiger partial charge in [-0.05, 0) is 37.3 Å². The molecule has 0 radical (unpaired) electrons. The van der Waals surface area contributed by atoms with Crippen LogP contribution in [-0.2, 0) is 14.9 Å². The molecule has 1 saturated heterocycles. The number of aliphatic imine (C=N–C) groups is 1. The molecule has 2 rings (SSSR count). The molecule has 0 saturated carbocycles. The molecule has 154 valence electrons. The molecule has 0 aliphatic carbocycles. The number of nitrogens with zero attached hydrogens (tertiary/aromatic N) is 1. The normalized spacial score (nSPS) is 17.5. The largest absolute Gasteiger partial charge is 0.379 e. The number of ether oxygens (including phenoxy) is 2. The average molecular weight is 489 g/mol. The second kappa shape index (κ2) is 12.6. The molecule has 0 bridgehead atoms. The van der Waals surface area contributed by atoms with Crippen LogP contribution in [0.25, 0.3) is 0 Å². The van der Waals surface area contributed by atoms with Crippen molar-refractivity contribution in [1.82, 2.24) is 10.6 Å². The second-order valence-electron chi connectivity index (χ2n) is 7.61. The third-order valence-corrected chi connectivity index (χ3v) is 4.88. The van der Waals surface area contributed by atoms with E-state index in [2.05, 4.69) is 60.7 Å². The van der Waals surface area contributed by atoms with Gasteiger partial charge in [-0.2, -0.15) is 0 Å². The van der Waals surface area contributed by atoms with Gasteiger partial charge in [0.1, 0.15) is 0 Å². The Hall–Kier alpha value is -0.860. The van der Waals surface area contributed by atoms with Gasteiger partial charge < -0.3 is 20.1 Å². The Bertz CT molecular complexity index is 572. The quantitative estimate of drug-likeness (QED) is 0.241. The molecule has 1 aliphatic rings. The van der Waals surface area contributed by atoms with Crippen LogP contribution in [0.2, 0.25) is 0 Å². The summed E-state index contributed by atoms with van der Waals surface area (Å²) in [6.07, 6.45) is 3.55. The van der Waals surface area contributed by atoms with Gasteiger partial charge in [0, 0.05) is 38.8 Å². The lowest BCUT2D eigenvalue weighted by Crippen LogP contribution is -2.44. The standard InChI is InChI=1S/C21H35N3O2.HI/c1-17-9-5-6-11-19(17)21(2,3)16-24-20(22-4)23-12-8-13-25-15-18-10-7-14-26-18;/h5-6,9,11,18H,7-8,10,12-16H2,1-4H3,(H2,22,23,24);1H. The number of aryl methyl sites for hydroxylation is 1. The Balaban J connectivity index is 0.00000364. The van der Waals surface area contributed by atoms with E-state index < -0.39 is 0 Å². The molecule has 2 N–H and O–H groups in total. The fourth-order valence-corrected chi connectivity index (χ4v) is 3.32. The number of halogens is 1. The number of rotatable bonds is 9. The Labute approximate surface area is 181 Å². The van der Waals surface area contributed by atoms with Crippen molar-refractivity contribution in [2.45, 2.75) is 51.6 Å². The summed E-state index contributed by atoms with van der Waals surface area (Å²) in [6.45, 7) is 10.7. The molecule has 1 aromatic carbocycles. The fraction of sp³-hybridized carbons (Fsp3) is 0.667. The highest BCUT2D eigenvalue weighted by molar-refractivity contribution is 14.0. The zero-order chi connectivity index (χ0) is 18.8. The highest BCUT2D eigenvalue weighted by Gasteiger charge is 2.22. The van der Waals surface area contributed by atoms with Gasteiger partial charge >= 0.3 is 0 Å². The molecule has 1 atom stereocenters. The second-order valence-corrected chi connectivity index (χ2v) is 7.61. The summed E-state index contributed by atoms with van der Waals surface area (Å²) in [5, 5.41) is 6.81.